The molecule has 0 saturated heterocycles. The molecule has 0 fully saturated rings. The standard InChI is InChI=1S/C11H18N2OS/c1-8(2)9(3)13-11(14)12-7-10-5-4-6-15-10/h4-6,8-9H,7H2,1-3H3,(H2,12,13,14)/t9-/m1/s1. The first kappa shape index (κ1) is 12.0. The highest BCUT2D eigenvalue weighted by atomic mass is 32.1. The highest BCUT2D eigenvalue weighted by Gasteiger charge is 2.09. The molecule has 0 aromatic carbocycles. The van der Waals surface area contributed by atoms with E-state index in [0.29, 0.717) is 12.5 Å². The van der Waals surface area contributed by atoms with Crippen LogP contribution >= 0.6 is 11.3 Å². The number of hydrogen-bond acceptors (Lipinski definition) is 2. The maximum atomic E-state index is 11.4. The second kappa shape index (κ2) is 5.75. The molecular formula is C11H18N2OS. The minimum absolute atomic E-state index is 0.0930. The van der Waals surface area contributed by atoms with Crippen molar-refractivity contribution < 1.29 is 4.79 Å². The first-order valence-electron chi connectivity index (χ1n) is 5.16. The molecule has 0 aliphatic carbocycles. The van der Waals surface area contributed by atoms with Crippen LogP contribution in [0.1, 0.15) is 25.6 Å². The van der Waals surface area contributed by atoms with Crippen LogP contribution in [0.3, 0.4) is 0 Å². The Bertz CT molecular complexity index is 296. The molecule has 2 N–H and O–H groups in total. The lowest BCUT2D eigenvalue weighted by molar-refractivity contribution is 0.234. The van der Waals surface area contributed by atoms with Crippen LogP contribution in [0.5, 0.6) is 0 Å². The van der Waals surface area contributed by atoms with E-state index >= 15 is 0 Å². The summed E-state index contributed by atoms with van der Waals surface area (Å²) in [7, 11) is 0. The van der Waals surface area contributed by atoms with E-state index in [1.54, 1.807) is 11.3 Å². The van der Waals surface area contributed by atoms with Crippen molar-refractivity contribution in [1.82, 2.24) is 10.6 Å². The maximum Gasteiger partial charge on any atom is 0.315 e. The number of thiophene rings is 1. The van der Waals surface area contributed by atoms with Gasteiger partial charge in [0, 0.05) is 10.9 Å². The van der Waals surface area contributed by atoms with Crippen LogP contribution in [-0.4, -0.2) is 12.1 Å². The van der Waals surface area contributed by atoms with Crippen LogP contribution < -0.4 is 10.6 Å². The zero-order valence-electron chi connectivity index (χ0n) is 9.41. The number of amides is 2. The summed E-state index contributed by atoms with van der Waals surface area (Å²) in [5.41, 5.74) is 0. The minimum Gasteiger partial charge on any atom is -0.335 e. The van der Waals surface area contributed by atoms with Gasteiger partial charge in [-0.15, -0.1) is 11.3 Å². The third-order valence-electron chi connectivity index (χ3n) is 2.36. The monoisotopic (exact) mass is 226 g/mol. The quantitative estimate of drug-likeness (QED) is 0.814. The topological polar surface area (TPSA) is 41.1 Å². The fraction of sp³-hybridized carbons (Fsp3) is 0.545. The van der Waals surface area contributed by atoms with Gasteiger partial charge in [-0.3, -0.25) is 0 Å². The summed E-state index contributed by atoms with van der Waals surface area (Å²) in [6, 6.07) is 4.10. The molecule has 1 atom stereocenters. The molecule has 3 nitrogen and oxygen atoms in total. The predicted molar refractivity (Wildman–Crippen MR) is 64.0 cm³/mol. The first-order valence-corrected chi connectivity index (χ1v) is 6.04. The lowest BCUT2D eigenvalue weighted by Gasteiger charge is -2.17. The summed E-state index contributed by atoms with van der Waals surface area (Å²) in [4.78, 5) is 12.6. The third kappa shape index (κ3) is 4.34. The highest BCUT2D eigenvalue weighted by molar-refractivity contribution is 7.09. The lowest BCUT2D eigenvalue weighted by Crippen LogP contribution is -2.42. The molecule has 2 amide bonds. The van der Waals surface area contributed by atoms with Gasteiger partial charge in [-0.25, -0.2) is 4.79 Å². The van der Waals surface area contributed by atoms with Crippen molar-refractivity contribution in [2.75, 3.05) is 0 Å². The van der Waals surface area contributed by atoms with Crippen LogP contribution in [0.4, 0.5) is 4.79 Å². The number of nitrogens with one attached hydrogen (secondary N) is 2. The molecule has 15 heavy (non-hydrogen) atoms. The van der Waals surface area contributed by atoms with Crippen molar-refractivity contribution in [3.05, 3.63) is 22.4 Å². The normalized spacial score (nSPS) is 12.5. The molecular weight excluding hydrogens is 208 g/mol. The van der Waals surface area contributed by atoms with Gasteiger partial charge in [0.1, 0.15) is 0 Å². The molecule has 1 aromatic heterocycles. The Morgan fingerprint density at radius 1 is 1.47 bits per heavy atom. The van der Waals surface area contributed by atoms with Gasteiger partial charge in [-0.2, -0.15) is 0 Å². The largest absolute Gasteiger partial charge is 0.335 e. The molecule has 84 valence electrons. The molecule has 0 aliphatic rings. The zero-order valence-corrected chi connectivity index (χ0v) is 10.2. The molecule has 0 aliphatic heterocycles. The summed E-state index contributed by atoms with van der Waals surface area (Å²) < 4.78 is 0. The van der Waals surface area contributed by atoms with Gasteiger partial charge in [0.25, 0.3) is 0 Å². The smallest absolute Gasteiger partial charge is 0.315 e. The molecule has 4 heteroatoms. The first-order chi connectivity index (χ1) is 7.09. The lowest BCUT2D eigenvalue weighted by atomic mass is 10.1. The van der Waals surface area contributed by atoms with E-state index in [1.165, 1.54) is 4.88 Å². The number of carbonyl (C=O) groups excluding carboxylic acids is 1. The van der Waals surface area contributed by atoms with Crippen LogP contribution in [0.25, 0.3) is 0 Å². The summed E-state index contributed by atoms with van der Waals surface area (Å²) in [6.07, 6.45) is 0. The number of carbonyl (C=O) groups is 1. The van der Waals surface area contributed by atoms with Gasteiger partial charge >= 0.3 is 6.03 Å². The van der Waals surface area contributed by atoms with Crippen LogP contribution in [0, 0.1) is 5.92 Å². The molecule has 0 bridgehead atoms. The predicted octanol–water partition coefficient (Wildman–Crippen LogP) is 2.59. The van der Waals surface area contributed by atoms with E-state index in [1.807, 2.05) is 24.4 Å². The van der Waals surface area contributed by atoms with Gasteiger partial charge in [-0.1, -0.05) is 19.9 Å². The fourth-order valence-corrected chi connectivity index (χ4v) is 1.65. The number of urea groups is 1. The zero-order chi connectivity index (χ0) is 11.3. The number of rotatable bonds is 4. The van der Waals surface area contributed by atoms with E-state index in [9.17, 15) is 4.79 Å². The maximum absolute atomic E-state index is 11.4. The van der Waals surface area contributed by atoms with E-state index in [-0.39, 0.29) is 12.1 Å². The SMILES string of the molecule is CC(C)[C@@H](C)NC(=O)NCc1cccs1. The van der Waals surface area contributed by atoms with Crippen molar-refractivity contribution in [3.8, 4) is 0 Å². The minimum atomic E-state index is -0.0930. The van der Waals surface area contributed by atoms with Crippen molar-refractivity contribution in [1.29, 1.82) is 0 Å². The van der Waals surface area contributed by atoms with Crippen LogP contribution in [0.15, 0.2) is 17.5 Å². The summed E-state index contributed by atoms with van der Waals surface area (Å²) >= 11 is 1.65. The molecule has 0 radical (unpaired) electrons. The van der Waals surface area contributed by atoms with Crippen molar-refractivity contribution in [2.45, 2.75) is 33.4 Å². The molecule has 0 saturated carbocycles. The van der Waals surface area contributed by atoms with E-state index < -0.39 is 0 Å². The fourth-order valence-electron chi connectivity index (χ4n) is 1.01. The molecule has 1 aromatic rings. The van der Waals surface area contributed by atoms with E-state index in [0.717, 1.165) is 0 Å². The Morgan fingerprint density at radius 3 is 2.73 bits per heavy atom. The van der Waals surface area contributed by atoms with Crippen molar-refractivity contribution in [2.24, 2.45) is 5.92 Å². The Morgan fingerprint density at radius 2 is 2.20 bits per heavy atom. The summed E-state index contributed by atoms with van der Waals surface area (Å²) in [5, 5.41) is 7.73. The second-order valence-corrected chi connectivity index (χ2v) is 4.97. The van der Waals surface area contributed by atoms with Gasteiger partial charge in [0.2, 0.25) is 0 Å². The summed E-state index contributed by atoms with van der Waals surface area (Å²) in [5.74, 6) is 0.456. The average molecular weight is 226 g/mol. The third-order valence-corrected chi connectivity index (χ3v) is 3.24. The Balaban J connectivity index is 2.25. The Kier molecular flexibility index (Phi) is 4.62. The Labute approximate surface area is 94.9 Å². The van der Waals surface area contributed by atoms with E-state index in [2.05, 4.69) is 24.5 Å². The van der Waals surface area contributed by atoms with E-state index in [4.69, 9.17) is 0 Å². The van der Waals surface area contributed by atoms with Gasteiger partial charge in [-0.05, 0) is 24.3 Å². The van der Waals surface area contributed by atoms with Gasteiger partial charge in [0.05, 0.1) is 6.54 Å². The molecule has 1 heterocycles. The average Bonchev–Trinajstić information content (AvgIpc) is 2.66. The number of hydrogen-bond donors (Lipinski definition) is 2. The van der Waals surface area contributed by atoms with Crippen molar-refractivity contribution >= 4 is 17.4 Å². The van der Waals surface area contributed by atoms with Gasteiger partial charge < -0.3 is 10.6 Å². The van der Waals surface area contributed by atoms with Crippen molar-refractivity contribution in [3.63, 3.8) is 0 Å². The second-order valence-electron chi connectivity index (χ2n) is 3.94. The van der Waals surface area contributed by atoms with Crippen LogP contribution in [-0.2, 0) is 6.54 Å². The molecule has 0 unspecified atom stereocenters. The molecule has 0 spiro atoms. The highest BCUT2D eigenvalue weighted by Crippen LogP contribution is 2.07. The van der Waals surface area contributed by atoms with Crippen LogP contribution in [0.2, 0.25) is 0 Å². The van der Waals surface area contributed by atoms with Gasteiger partial charge in [0.15, 0.2) is 0 Å². The summed E-state index contributed by atoms with van der Waals surface area (Å²) in [6.45, 7) is 6.79. The molecule has 1 rings (SSSR count). The Hall–Kier alpha value is -1.03.